The van der Waals surface area contributed by atoms with E-state index in [1.54, 1.807) is 11.3 Å². The van der Waals surface area contributed by atoms with E-state index in [1.807, 2.05) is 7.05 Å². The topological polar surface area (TPSA) is 39.7 Å². The number of likely N-dealkylation sites (tertiary alicyclic amines) is 1. The van der Waals surface area contributed by atoms with Crippen LogP contribution in [0.4, 0.5) is 0 Å². The first-order valence-electron chi connectivity index (χ1n) is 8.91. The molecule has 5 heteroatoms. The number of hydrogen-bond donors (Lipinski definition) is 2. The third-order valence-electron chi connectivity index (χ3n) is 4.72. The number of aliphatic imine (C=N–C) groups is 1. The van der Waals surface area contributed by atoms with Crippen LogP contribution in [0.1, 0.15) is 44.6 Å². The Morgan fingerprint density at radius 3 is 2.78 bits per heavy atom. The Morgan fingerprint density at radius 2 is 2.17 bits per heavy atom. The van der Waals surface area contributed by atoms with Gasteiger partial charge in [0.15, 0.2) is 5.96 Å². The van der Waals surface area contributed by atoms with E-state index in [0.717, 1.165) is 25.0 Å². The Kier molecular flexibility index (Phi) is 7.89. The molecule has 0 radical (unpaired) electrons. The zero-order chi connectivity index (χ0) is 16.5. The number of guanidine groups is 1. The second-order valence-electron chi connectivity index (χ2n) is 6.58. The lowest BCUT2D eigenvalue weighted by atomic mass is 9.97. The Bertz CT molecular complexity index is 450. The Hall–Kier alpha value is -1.07. The predicted octanol–water partition coefficient (Wildman–Crippen LogP) is 3.14. The summed E-state index contributed by atoms with van der Waals surface area (Å²) in [5, 5.41) is 11.3. The van der Waals surface area contributed by atoms with Gasteiger partial charge in [-0.15, -0.1) is 0 Å². The molecule has 2 heterocycles. The number of piperidine rings is 1. The molecule has 1 aromatic heterocycles. The zero-order valence-electron chi connectivity index (χ0n) is 14.8. The van der Waals surface area contributed by atoms with Crippen LogP contribution in [0.2, 0.25) is 0 Å². The summed E-state index contributed by atoms with van der Waals surface area (Å²) in [6.45, 7) is 10.2. The minimum atomic E-state index is 0.511. The van der Waals surface area contributed by atoms with Gasteiger partial charge in [0.25, 0.3) is 0 Å². The van der Waals surface area contributed by atoms with Gasteiger partial charge in [0.05, 0.1) is 0 Å². The van der Waals surface area contributed by atoms with E-state index >= 15 is 0 Å². The van der Waals surface area contributed by atoms with Crippen molar-refractivity contribution < 1.29 is 0 Å². The van der Waals surface area contributed by atoms with Crippen LogP contribution in [-0.4, -0.2) is 50.6 Å². The van der Waals surface area contributed by atoms with Crippen LogP contribution in [0.25, 0.3) is 0 Å². The molecule has 0 amide bonds. The molecule has 2 rings (SSSR count). The summed E-state index contributed by atoms with van der Waals surface area (Å²) in [7, 11) is 1.86. The van der Waals surface area contributed by atoms with Crippen LogP contribution in [0.5, 0.6) is 0 Å². The van der Waals surface area contributed by atoms with E-state index in [1.165, 1.54) is 44.5 Å². The van der Waals surface area contributed by atoms with Gasteiger partial charge in [0, 0.05) is 20.1 Å². The van der Waals surface area contributed by atoms with Gasteiger partial charge in [-0.3, -0.25) is 4.99 Å². The summed E-state index contributed by atoms with van der Waals surface area (Å²) < 4.78 is 0. The summed E-state index contributed by atoms with van der Waals surface area (Å²) in [6, 6.07) is 2.21. The van der Waals surface area contributed by atoms with Crippen molar-refractivity contribution in [1.82, 2.24) is 15.5 Å². The molecule has 1 aromatic rings. The second-order valence-corrected chi connectivity index (χ2v) is 7.36. The lowest BCUT2D eigenvalue weighted by Crippen LogP contribution is -2.43. The Labute approximate surface area is 145 Å². The minimum absolute atomic E-state index is 0.511. The second kappa shape index (κ2) is 9.93. The van der Waals surface area contributed by atoms with Gasteiger partial charge < -0.3 is 15.5 Å². The normalized spacial score (nSPS) is 18.8. The largest absolute Gasteiger partial charge is 0.356 e. The lowest BCUT2D eigenvalue weighted by Gasteiger charge is -2.32. The summed E-state index contributed by atoms with van der Waals surface area (Å²) in [5.74, 6) is 2.22. The first-order valence-corrected chi connectivity index (χ1v) is 9.86. The van der Waals surface area contributed by atoms with Crippen molar-refractivity contribution in [3.05, 3.63) is 22.4 Å². The summed E-state index contributed by atoms with van der Waals surface area (Å²) in [4.78, 5) is 6.95. The fraction of sp³-hybridized carbons (Fsp3) is 0.722. The maximum Gasteiger partial charge on any atom is 0.191 e. The fourth-order valence-electron chi connectivity index (χ4n) is 3.12. The highest BCUT2D eigenvalue weighted by molar-refractivity contribution is 7.07. The van der Waals surface area contributed by atoms with Crippen molar-refractivity contribution in [2.75, 3.05) is 39.8 Å². The molecule has 0 aliphatic carbocycles. The predicted molar refractivity (Wildman–Crippen MR) is 102 cm³/mol. The monoisotopic (exact) mass is 336 g/mol. The van der Waals surface area contributed by atoms with E-state index in [2.05, 4.69) is 51.2 Å². The highest BCUT2D eigenvalue weighted by Crippen LogP contribution is 2.17. The minimum Gasteiger partial charge on any atom is -0.356 e. The van der Waals surface area contributed by atoms with Gasteiger partial charge in [0.2, 0.25) is 0 Å². The van der Waals surface area contributed by atoms with Crippen LogP contribution in [-0.2, 0) is 0 Å². The first kappa shape index (κ1) is 18.3. The number of nitrogens with zero attached hydrogens (tertiary/aromatic N) is 2. The van der Waals surface area contributed by atoms with Crippen molar-refractivity contribution in [3.8, 4) is 0 Å². The third-order valence-corrected chi connectivity index (χ3v) is 5.42. The van der Waals surface area contributed by atoms with E-state index < -0.39 is 0 Å². The van der Waals surface area contributed by atoms with Crippen LogP contribution in [0.3, 0.4) is 0 Å². The summed E-state index contributed by atoms with van der Waals surface area (Å²) >= 11 is 1.76. The van der Waals surface area contributed by atoms with E-state index in [-0.39, 0.29) is 0 Å². The van der Waals surface area contributed by atoms with Crippen LogP contribution in [0, 0.1) is 5.92 Å². The molecule has 0 saturated carbocycles. The number of rotatable bonds is 7. The van der Waals surface area contributed by atoms with Gasteiger partial charge in [-0.1, -0.05) is 13.8 Å². The molecule has 1 fully saturated rings. The molecule has 23 heavy (non-hydrogen) atoms. The summed E-state index contributed by atoms with van der Waals surface area (Å²) in [5.41, 5.74) is 1.40. The smallest absolute Gasteiger partial charge is 0.191 e. The molecule has 0 aromatic carbocycles. The number of hydrogen-bond acceptors (Lipinski definition) is 3. The Morgan fingerprint density at radius 1 is 1.39 bits per heavy atom. The van der Waals surface area contributed by atoms with Crippen LogP contribution in [0.15, 0.2) is 21.8 Å². The highest BCUT2D eigenvalue weighted by atomic mass is 32.1. The van der Waals surface area contributed by atoms with Crippen molar-refractivity contribution in [2.24, 2.45) is 10.9 Å². The highest BCUT2D eigenvalue weighted by Gasteiger charge is 2.18. The standard InChI is InChI=1S/C18H32N4S/c1-4-8-22-9-5-16(6-10-22)13-21-18(19-3)20-12-15(2)17-7-11-23-14-17/h7,11,14-16H,4-6,8-10,12-13H2,1-3H3,(H2,19,20,21). The van der Waals surface area contributed by atoms with Crippen molar-refractivity contribution >= 4 is 17.3 Å². The number of nitrogens with one attached hydrogen (secondary N) is 2. The van der Waals surface area contributed by atoms with E-state index in [4.69, 9.17) is 0 Å². The first-order chi connectivity index (χ1) is 11.2. The van der Waals surface area contributed by atoms with Crippen molar-refractivity contribution in [2.45, 2.75) is 39.0 Å². The molecule has 1 unspecified atom stereocenters. The average molecular weight is 337 g/mol. The quantitative estimate of drug-likeness (QED) is 0.593. The molecule has 1 saturated heterocycles. The molecule has 1 atom stereocenters. The molecule has 2 N–H and O–H groups in total. The number of thiophene rings is 1. The molecule has 1 aliphatic heterocycles. The van der Waals surface area contributed by atoms with Gasteiger partial charge >= 0.3 is 0 Å². The van der Waals surface area contributed by atoms with Gasteiger partial charge in [-0.05, 0) is 73.1 Å². The molecule has 0 bridgehead atoms. The van der Waals surface area contributed by atoms with Crippen LogP contribution < -0.4 is 10.6 Å². The molecular weight excluding hydrogens is 304 g/mol. The maximum absolute atomic E-state index is 4.36. The van der Waals surface area contributed by atoms with Crippen LogP contribution >= 0.6 is 11.3 Å². The molecule has 0 spiro atoms. The molecule has 130 valence electrons. The fourth-order valence-corrected chi connectivity index (χ4v) is 3.90. The average Bonchev–Trinajstić information content (AvgIpc) is 3.11. The SMILES string of the molecule is CCCN1CCC(CNC(=NC)NCC(C)c2ccsc2)CC1. The van der Waals surface area contributed by atoms with Gasteiger partial charge in [-0.25, -0.2) is 0 Å². The summed E-state index contributed by atoms with van der Waals surface area (Å²) in [6.07, 6.45) is 3.87. The van der Waals surface area contributed by atoms with Gasteiger partial charge in [0.1, 0.15) is 0 Å². The van der Waals surface area contributed by atoms with E-state index in [0.29, 0.717) is 5.92 Å². The Balaban J connectivity index is 1.65. The molecular formula is C18H32N4S. The van der Waals surface area contributed by atoms with Crippen molar-refractivity contribution in [1.29, 1.82) is 0 Å². The van der Waals surface area contributed by atoms with Crippen molar-refractivity contribution in [3.63, 3.8) is 0 Å². The molecule has 1 aliphatic rings. The van der Waals surface area contributed by atoms with E-state index in [9.17, 15) is 0 Å². The lowest BCUT2D eigenvalue weighted by molar-refractivity contribution is 0.185. The zero-order valence-corrected chi connectivity index (χ0v) is 15.7. The van der Waals surface area contributed by atoms with Gasteiger partial charge in [-0.2, -0.15) is 11.3 Å². The maximum atomic E-state index is 4.36. The molecule has 4 nitrogen and oxygen atoms in total. The third kappa shape index (κ3) is 6.15.